The molecule has 0 aromatic heterocycles. The molecule has 1 aliphatic rings. The molecule has 23 heavy (non-hydrogen) atoms. The number of hydrogen-bond acceptors (Lipinski definition) is 2. The molecule has 0 radical (unpaired) electrons. The van der Waals surface area contributed by atoms with Crippen LogP contribution >= 0.6 is 0 Å². The maximum atomic E-state index is 12.5. The van der Waals surface area contributed by atoms with Gasteiger partial charge in [-0.05, 0) is 67.6 Å². The monoisotopic (exact) mass is 308 g/mol. The second-order valence-corrected chi connectivity index (χ2v) is 6.05. The minimum atomic E-state index is -0.128. The van der Waals surface area contributed by atoms with Gasteiger partial charge in [-0.15, -0.1) is 0 Å². The van der Waals surface area contributed by atoms with Crippen LogP contribution in [-0.4, -0.2) is 11.8 Å². The van der Waals surface area contributed by atoms with E-state index in [1.165, 1.54) is 0 Å². The highest BCUT2D eigenvalue weighted by Gasteiger charge is 2.15. The van der Waals surface area contributed by atoms with E-state index in [2.05, 4.69) is 10.6 Å². The van der Waals surface area contributed by atoms with Crippen molar-refractivity contribution in [3.05, 3.63) is 58.7 Å². The van der Waals surface area contributed by atoms with E-state index < -0.39 is 0 Å². The first-order valence-corrected chi connectivity index (χ1v) is 7.84. The summed E-state index contributed by atoms with van der Waals surface area (Å²) in [4.78, 5) is 24.1. The molecule has 0 spiro atoms. The summed E-state index contributed by atoms with van der Waals surface area (Å²) in [6, 6.07) is 11.4. The Morgan fingerprint density at radius 1 is 1.09 bits per heavy atom. The number of carbonyl (C=O) groups is 2. The third-order valence-electron chi connectivity index (χ3n) is 4.13. The van der Waals surface area contributed by atoms with Crippen LogP contribution in [-0.2, 0) is 11.2 Å². The Morgan fingerprint density at radius 2 is 1.91 bits per heavy atom. The molecule has 0 atom stereocenters. The van der Waals surface area contributed by atoms with Crippen LogP contribution in [0.15, 0.2) is 36.4 Å². The van der Waals surface area contributed by atoms with Gasteiger partial charge >= 0.3 is 0 Å². The van der Waals surface area contributed by atoms with Crippen molar-refractivity contribution in [3.63, 3.8) is 0 Å². The van der Waals surface area contributed by atoms with E-state index in [0.29, 0.717) is 12.0 Å². The molecule has 4 nitrogen and oxygen atoms in total. The van der Waals surface area contributed by atoms with E-state index in [4.69, 9.17) is 0 Å². The topological polar surface area (TPSA) is 58.2 Å². The average molecular weight is 308 g/mol. The summed E-state index contributed by atoms with van der Waals surface area (Å²) in [5.41, 5.74) is 5.42. The van der Waals surface area contributed by atoms with Gasteiger partial charge in [-0.1, -0.05) is 12.1 Å². The van der Waals surface area contributed by atoms with Crippen molar-refractivity contribution in [1.29, 1.82) is 0 Å². The van der Waals surface area contributed by atoms with Crippen molar-refractivity contribution >= 4 is 23.2 Å². The smallest absolute Gasteiger partial charge is 0.255 e. The molecule has 2 amide bonds. The second kappa shape index (κ2) is 6.24. The molecule has 1 heterocycles. The summed E-state index contributed by atoms with van der Waals surface area (Å²) < 4.78 is 0. The van der Waals surface area contributed by atoms with Crippen molar-refractivity contribution in [1.82, 2.24) is 0 Å². The Bertz CT molecular complexity index is 781. The predicted octanol–water partition coefficient (Wildman–Crippen LogP) is 3.83. The zero-order valence-electron chi connectivity index (χ0n) is 13.4. The molecule has 4 heteroatoms. The minimum absolute atomic E-state index is 0.0383. The molecule has 0 unspecified atom stereocenters. The van der Waals surface area contributed by atoms with Crippen LogP contribution in [0.4, 0.5) is 11.4 Å². The van der Waals surface area contributed by atoms with Gasteiger partial charge in [0.15, 0.2) is 0 Å². The quantitative estimate of drug-likeness (QED) is 0.886. The number of carbonyl (C=O) groups excluding carboxylic acids is 2. The predicted molar refractivity (Wildman–Crippen MR) is 91.9 cm³/mol. The molecule has 0 bridgehead atoms. The summed E-state index contributed by atoms with van der Waals surface area (Å²) in [6.07, 6.45) is 2.14. The zero-order chi connectivity index (χ0) is 16.4. The van der Waals surface area contributed by atoms with Crippen LogP contribution in [0.25, 0.3) is 0 Å². The number of benzene rings is 2. The van der Waals surface area contributed by atoms with Gasteiger partial charge in [0.25, 0.3) is 5.91 Å². The van der Waals surface area contributed by atoms with E-state index in [1.54, 1.807) is 6.07 Å². The van der Waals surface area contributed by atoms with Crippen LogP contribution in [0.2, 0.25) is 0 Å². The van der Waals surface area contributed by atoms with Gasteiger partial charge in [-0.2, -0.15) is 0 Å². The third kappa shape index (κ3) is 3.42. The highest BCUT2D eigenvalue weighted by molar-refractivity contribution is 6.05. The fourth-order valence-electron chi connectivity index (χ4n) is 2.78. The molecular weight excluding hydrogens is 288 g/mol. The van der Waals surface area contributed by atoms with Gasteiger partial charge in [0.05, 0.1) is 0 Å². The molecule has 118 valence electrons. The van der Waals surface area contributed by atoms with Gasteiger partial charge in [-0.25, -0.2) is 0 Å². The van der Waals surface area contributed by atoms with Crippen molar-refractivity contribution in [2.24, 2.45) is 0 Å². The highest BCUT2D eigenvalue weighted by atomic mass is 16.2. The fourth-order valence-corrected chi connectivity index (χ4v) is 2.78. The highest BCUT2D eigenvalue weighted by Crippen LogP contribution is 2.24. The maximum absolute atomic E-state index is 12.5. The largest absolute Gasteiger partial charge is 0.326 e. The molecule has 0 fully saturated rings. The molecular formula is C19H20N2O2. The summed E-state index contributed by atoms with van der Waals surface area (Å²) in [6.45, 7) is 3.97. The number of fused-ring (bicyclic) bond motifs is 1. The van der Waals surface area contributed by atoms with Crippen LogP contribution in [0.5, 0.6) is 0 Å². The van der Waals surface area contributed by atoms with Crippen LogP contribution in [0.3, 0.4) is 0 Å². The zero-order valence-corrected chi connectivity index (χ0v) is 13.4. The Labute approximate surface area is 135 Å². The molecule has 3 rings (SSSR count). The Hall–Kier alpha value is -2.62. The van der Waals surface area contributed by atoms with Crippen LogP contribution in [0, 0.1) is 13.8 Å². The summed E-state index contributed by atoms with van der Waals surface area (Å²) >= 11 is 0. The minimum Gasteiger partial charge on any atom is -0.326 e. The first-order chi connectivity index (χ1) is 11.0. The average Bonchev–Trinajstić information content (AvgIpc) is 2.70. The number of anilines is 2. The van der Waals surface area contributed by atoms with Crippen LogP contribution < -0.4 is 10.6 Å². The Morgan fingerprint density at radius 3 is 2.74 bits per heavy atom. The molecule has 1 aliphatic heterocycles. The van der Waals surface area contributed by atoms with Crippen LogP contribution in [0.1, 0.15) is 39.9 Å². The van der Waals surface area contributed by atoms with E-state index in [-0.39, 0.29) is 11.8 Å². The van der Waals surface area contributed by atoms with E-state index in [1.807, 2.05) is 44.2 Å². The van der Waals surface area contributed by atoms with Gasteiger partial charge in [0.1, 0.15) is 0 Å². The number of rotatable bonds is 2. The van der Waals surface area contributed by atoms with Crippen molar-refractivity contribution in [2.75, 3.05) is 10.6 Å². The van der Waals surface area contributed by atoms with Gasteiger partial charge in [-0.3, -0.25) is 9.59 Å². The van der Waals surface area contributed by atoms with Crippen molar-refractivity contribution < 1.29 is 9.59 Å². The molecule has 0 saturated heterocycles. The van der Waals surface area contributed by atoms with E-state index in [9.17, 15) is 9.59 Å². The second-order valence-electron chi connectivity index (χ2n) is 6.05. The lowest BCUT2D eigenvalue weighted by molar-refractivity contribution is -0.116. The molecule has 2 aromatic rings. The summed E-state index contributed by atoms with van der Waals surface area (Å²) in [5, 5.41) is 5.86. The summed E-state index contributed by atoms with van der Waals surface area (Å²) in [5.74, 6) is -0.0894. The number of hydrogen-bond donors (Lipinski definition) is 2. The molecule has 0 saturated carbocycles. The number of amides is 2. The molecule has 2 N–H and O–H groups in total. The SMILES string of the molecule is Cc1ccc(C)c(NC(=O)c2ccc3c(c2)CCCC(=O)N3)c1. The molecule has 0 aliphatic carbocycles. The Balaban J connectivity index is 1.84. The first kappa shape index (κ1) is 15.3. The van der Waals surface area contributed by atoms with Crippen molar-refractivity contribution in [3.8, 4) is 0 Å². The van der Waals surface area contributed by atoms with Gasteiger partial charge < -0.3 is 10.6 Å². The lowest BCUT2D eigenvalue weighted by Gasteiger charge is -2.12. The third-order valence-corrected chi connectivity index (χ3v) is 4.13. The Kier molecular flexibility index (Phi) is 4.15. The lowest BCUT2D eigenvalue weighted by atomic mass is 10.0. The van der Waals surface area contributed by atoms with E-state index in [0.717, 1.165) is 40.9 Å². The normalized spacial score (nSPS) is 13.7. The number of nitrogens with one attached hydrogen (secondary N) is 2. The first-order valence-electron chi connectivity index (χ1n) is 7.84. The molecule has 2 aromatic carbocycles. The van der Waals surface area contributed by atoms with Gasteiger partial charge in [0.2, 0.25) is 5.91 Å². The van der Waals surface area contributed by atoms with E-state index >= 15 is 0 Å². The number of aryl methyl sites for hydroxylation is 3. The fraction of sp³-hybridized carbons (Fsp3) is 0.263. The standard InChI is InChI=1S/C19H20N2O2/c1-12-6-7-13(2)17(10-12)21-19(23)15-8-9-16-14(11-15)4-3-5-18(22)20-16/h6-11H,3-5H2,1-2H3,(H,20,22)(H,21,23). The maximum Gasteiger partial charge on any atom is 0.255 e. The van der Waals surface area contributed by atoms with Gasteiger partial charge in [0, 0.05) is 23.4 Å². The summed E-state index contributed by atoms with van der Waals surface area (Å²) in [7, 11) is 0. The van der Waals surface area contributed by atoms with Crippen molar-refractivity contribution in [2.45, 2.75) is 33.1 Å². The lowest BCUT2D eigenvalue weighted by Crippen LogP contribution is -2.14.